The fourth-order valence-electron chi connectivity index (χ4n) is 3.92. The van der Waals surface area contributed by atoms with Crippen LogP contribution in [0.4, 0.5) is 0 Å². The van der Waals surface area contributed by atoms with Crippen molar-refractivity contribution >= 4 is 5.97 Å². The van der Waals surface area contributed by atoms with E-state index < -0.39 is 5.97 Å². The molecule has 2 heterocycles. The molecule has 148 valence electrons. The van der Waals surface area contributed by atoms with Crippen LogP contribution in [0.2, 0.25) is 0 Å². The molecule has 0 spiro atoms. The van der Waals surface area contributed by atoms with Gasteiger partial charge in [-0.3, -0.25) is 14.5 Å². The first-order valence-electron chi connectivity index (χ1n) is 9.91. The van der Waals surface area contributed by atoms with Gasteiger partial charge >= 0.3 is 5.97 Å². The standard InChI is InChI=1S/C20H30N4O3/c1-2-21-22-13-16-3-5-17(6-4-16)19-12-18(27-23-19)11-15-7-9-24(10-8-15)14-20(25)26/h3-6,15,18-19,23H,2,7-14H2,1H3,(H,25,26). The molecule has 2 fully saturated rings. The third kappa shape index (κ3) is 6.09. The van der Waals surface area contributed by atoms with Crippen LogP contribution >= 0.6 is 0 Å². The first kappa shape index (κ1) is 19.9. The Labute approximate surface area is 160 Å². The zero-order valence-electron chi connectivity index (χ0n) is 16.0. The molecule has 7 nitrogen and oxygen atoms in total. The van der Waals surface area contributed by atoms with Crippen molar-refractivity contribution in [2.75, 3.05) is 26.2 Å². The van der Waals surface area contributed by atoms with Crippen molar-refractivity contribution in [1.82, 2.24) is 10.4 Å². The Kier molecular flexibility index (Phi) is 7.32. The van der Waals surface area contributed by atoms with Crippen LogP contribution in [0.25, 0.3) is 0 Å². The number of carboxylic acid groups (broad SMARTS) is 1. The Morgan fingerprint density at radius 2 is 2.00 bits per heavy atom. The zero-order valence-corrected chi connectivity index (χ0v) is 16.0. The van der Waals surface area contributed by atoms with Crippen LogP contribution in [0.5, 0.6) is 0 Å². The zero-order chi connectivity index (χ0) is 19.1. The number of carbonyl (C=O) groups is 1. The van der Waals surface area contributed by atoms with E-state index in [1.807, 2.05) is 11.8 Å². The summed E-state index contributed by atoms with van der Waals surface area (Å²) in [5.74, 6) is -0.119. The minimum absolute atomic E-state index is 0.159. The van der Waals surface area contributed by atoms with E-state index in [2.05, 4.69) is 40.0 Å². The lowest BCUT2D eigenvalue weighted by Crippen LogP contribution is -2.38. The first-order valence-corrected chi connectivity index (χ1v) is 9.91. The number of aliphatic carboxylic acids is 1. The van der Waals surface area contributed by atoms with Gasteiger partial charge in [0.05, 0.1) is 31.8 Å². The molecule has 27 heavy (non-hydrogen) atoms. The van der Waals surface area contributed by atoms with Gasteiger partial charge in [-0.2, -0.15) is 15.7 Å². The number of azo groups is 1. The number of carboxylic acids is 1. The second kappa shape index (κ2) is 9.92. The minimum Gasteiger partial charge on any atom is -0.480 e. The molecule has 0 radical (unpaired) electrons. The van der Waals surface area contributed by atoms with Gasteiger partial charge in [-0.15, -0.1) is 0 Å². The molecule has 2 saturated heterocycles. The summed E-state index contributed by atoms with van der Waals surface area (Å²) in [7, 11) is 0. The average Bonchev–Trinajstić information content (AvgIpc) is 3.12. The predicted molar refractivity (Wildman–Crippen MR) is 102 cm³/mol. The van der Waals surface area contributed by atoms with Crippen LogP contribution in [0.3, 0.4) is 0 Å². The van der Waals surface area contributed by atoms with E-state index >= 15 is 0 Å². The summed E-state index contributed by atoms with van der Waals surface area (Å²) in [5.41, 5.74) is 5.60. The fourth-order valence-corrected chi connectivity index (χ4v) is 3.92. The molecule has 2 unspecified atom stereocenters. The molecular weight excluding hydrogens is 344 g/mol. The molecule has 0 saturated carbocycles. The number of rotatable bonds is 8. The van der Waals surface area contributed by atoms with Gasteiger partial charge in [0.25, 0.3) is 0 Å². The molecule has 7 heteroatoms. The molecule has 2 N–H and O–H groups in total. The number of hydroxylamine groups is 1. The SMILES string of the molecule is CCN=NCc1ccc(C2CC(CC3CCN(CC(=O)O)CC3)ON2)cc1. The van der Waals surface area contributed by atoms with E-state index in [0.29, 0.717) is 12.5 Å². The summed E-state index contributed by atoms with van der Waals surface area (Å²) in [4.78, 5) is 18.7. The van der Waals surface area contributed by atoms with Gasteiger partial charge in [-0.05, 0) is 62.7 Å². The van der Waals surface area contributed by atoms with E-state index in [1.165, 1.54) is 11.1 Å². The van der Waals surface area contributed by atoms with E-state index in [-0.39, 0.29) is 18.7 Å². The lowest BCUT2D eigenvalue weighted by molar-refractivity contribution is -0.138. The lowest BCUT2D eigenvalue weighted by atomic mass is 9.89. The molecule has 2 aliphatic heterocycles. The van der Waals surface area contributed by atoms with Gasteiger partial charge in [0.1, 0.15) is 0 Å². The molecule has 1 aromatic rings. The Balaban J connectivity index is 1.42. The van der Waals surface area contributed by atoms with Gasteiger partial charge in [-0.1, -0.05) is 24.3 Å². The largest absolute Gasteiger partial charge is 0.480 e. The van der Waals surface area contributed by atoms with Gasteiger partial charge in [0.15, 0.2) is 0 Å². The van der Waals surface area contributed by atoms with Gasteiger partial charge in [0, 0.05) is 0 Å². The predicted octanol–water partition coefficient (Wildman–Crippen LogP) is 3.18. The van der Waals surface area contributed by atoms with Gasteiger partial charge in [-0.25, -0.2) is 0 Å². The van der Waals surface area contributed by atoms with Gasteiger partial charge in [0.2, 0.25) is 0 Å². The quantitative estimate of drug-likeness (QED) is 0.683. The molecule has 1 aromatic carbocycles. The van der Waals surface area contributed by atoms with Crippen LogP contribution in [-0.4, -0.2) is 48.3 Å². The second-order valence-corrected chi connectivity index (χ2v) is 7.49. The maximum atomic E-state index is 10.8. The number of likely N-dealkylation sites (tertiary alicyclic amines) is 1. The summed E-state index contributed by atoms with van der Waals surface area (Å²) < 4.78 is 0. The summed E-state index contributed by atoms with van der Waals surface area (Å²) in [6.07, 6.45) is 4.35. The highest BCUT2D eigenvalue weighted by Crippen LogP contribution is 2.31. The van der Waals surface area contributed by atoms with Crippen molar-refractivity contribution < 1.29 is 14.7 Å². The maximum absolute atomic E-state index is 10.8. The highest BCUT2D eigenvalue weighted by atomic mass is 16.7. The third-order valence-electron chi connectivity index (χ3n) is 5.41. The third-order valence-corrected chi connectivity index (χ3v) is 5.41. The molecule has 0 aliphatic carbocycles. The van der Waals surface area contributed by atoms with E-state index in [0.717, 1.165) is 45.3 Å². The molecule has 0 aromatic heterocycles. The smallest absolute Gasteiger partial charge is 0.317 e. The number of benzene rings is 1. The summed E-state index contributed by atoms with van der Waals surface area (Å²) >= 11 is 0. The molecular formula is C20H30N4O3. The monoisotopic (exact) mass is 374 g/mol. The Morgan fingerprint density at radius 3 is 2.67 bits per heavy atom. The van der Waals surface area contributed by atoms with Crippen LogP contribution < -0.4 is 5.48 Å². The lowest BCUT2D eigenvalue weighted by Gasteiger charge is -2.31. The van der Waals surface area contributed by atoms with Crippen LogP contribution in [0, 0.1) is 5.92 Å². The van der Waals surface area contributed by atoms with Crippen molar-refractivity contribution in [3.63, 3.8) is 0 Å². The first-order chi connectivity index (χ1) is 13.1. The normalized spacial score (nSPS) is 24.6. The van der Waals surface area contributed by atoms with Crippen LogP contribution in [0.15, 0.2) is 34.5 Å². The summed E-state index contributed by atoms with van der Waals surface area (Å²) in [6.45, 7) is 5.24. The Hall–Kier alpha value is -1.83. The number of nitrogens with zero attached hydrogens (tertiary/aromatic N) is 3. The Bertz CT molecular complexity index is 627. The minimum atomic E-state index is -0.737. The molecule has 3 rings (SSSR count). The fraction of sp³-hybridized carbons (Fsp3) is 0.650. The average molecular weight is 374 g/mol. The molecule has 2 atom stereocenters. The second-order valence-electron chi connectivity index (χ2n) is 7.49. The summed E-state index contributed by atoms with van der Waals surface area (Å²) in [5, 5.41) is 17.0. The van der Waals surface area contributed by atoms with Crippen LogP contribution in [-0.2, 0) is 16.2 Å². The van der Waals surface area contributed by atoms with E-state index in [1.54, 1.807) is 0 Å². The van der Waals surface area contributed by atoms with Crippen molar-refractivity contribution in [3.05, 3.63) is 35.4 Å². The van der Waals surface area contributed by atoms with Crippen molar-refractivity contribution in [2.45, 2.75) is 51.3 Å². The number of hydrogen-bond donors (Lipinski definition) is 2. The maximum Gasteiger partial charge on any atom is 0.317 e. The van der Waals surface area contributed by atoms with Gasteiger partial charge < -0.3 is 5.11 Å². The highest BCUT2D eigenvalue weighted by molar-refractivity contribution is 5.69. The molecule has 0 bridgehead atoms. The molecule has 2 aliphatic rings. The van der Waals surface area contributed by atoms with Crippen LogP contribution in [0.1, 0.15) is 49.8 Å². The number of piperidine rings is 1. The van der Waals surface area contributed by atoms with Crippen molar-refractivity contribution in [2.24, 2.45) is 16.1 Å². The molecule has 0 amide bonds. The summed E-state index contributed by atoms with van der Waals surface area (Å²) in [6, 6.07) is 8.73. The number of hydrogen-bond acceptors (Lipinski definition) is 6. The topological polar surface area (TPSA) is 86.5 Å². The van der Waals surface area contributed by atoms with Crippen molar-refractivity contribution in [3.8, 4) is 0 Å². The highest BCUT2D eigenvalue weighted by Gasteiger charge is 2.30. The van der Waals surface area contributed by atoms with Crippen molar-refractivity contribution in [1.29, 1.82) is 0 Å². The van der Waals surface area contributed by atoms with E-state index in [9.17, 15) is 4.79 Å². The van der Waals surface area contributed by atoms with E-state index in [4.69, 9.17) is 9.94 Å². The number of nitrogens with one attached hydrogen (secondary N) is 1. The Morgan fingerprint density at radius 1 is 1.26 bits per heavy atom.